The first-order valence-corrected chi connectivity index (χ1v) is 13.0. The van der Waals surface area contributed by atoms with Crippen molar-refractivity contribution in [2.75, 3.05) is 4.90 Å². The molecule has 4 aromatic carbocycles. The maximum Gasteiger partial charge on any atom is 0.335 e. The highest BCUT2D eigenvalue weighted by Crippen LogP contribution is 2.36. The zero-order chi connectivity index (χ0) is 26.1. The van der Waals surface area contributed by atoms with Crippen LogP contribution in [-0.2, 0) is 16.2 Å². The van der Waals surface area contributed by atoms with Crippen LogP contribution in [0.4, 0.5) is 10.5 Å². The molecule has 0 aromatic heterocycles. The Labute approximate surface area is 234 Å². The number of imide groups is 2. The van der Waals surface area contributed by atoms with Crippen LogP contribution in [-0.4, -0.2) is 17.8 Å². The molecule has 4 aromatic rings. The standard InChI is InChI=1S/C28H17Br2ClN2O4/c29-19-8-10-20(11-9-19)33-27(35)22(26(34)32-28(33)36)12-16-13-23(30)25(24(31)14-16)37-15-18-6-3-5-17-4-1-2-7-21(17)18/h1-14H,15H2,(H,32,34,36)/b22-12+. The van der Waals surface area contributed by atoms with Crippen LogP contribution in [0.3, 0.4) is 0 Å². The number of fused-ring (bicyclic) bond motifs is 1. The minimum Gasteiger partial charge on any atom is -0.486 e. The highest BCUT2D eigenvalue weighted by Gasteiger charge is 2.36. The SMILES string of the molecule is O=C1NC(=O)N(c2ccc(Br)cc2)C(=O)/C1=C/c1cc(Cl)c(OCc2cccc3ccccc23)c(Br)c1. The van der Waals surface area contributed by atoms with Gasteiger partial charge < -0.3 is 4.74 Å². The number of hydrogen-bond donors (Lipinski definition) is 1. The minimum atomic E-state index is -0.814. The highest BCUT2D eigenvalue weighted by atomic mass is 79.9. The second-order valence-electron chi connectivity index (χ2n) is 8.17. The number of amides is 4. The molecule has 6 nitrogen and oxygen atoms in total. The molecule has 5 rings (SSSR count). The molecule has 184 valence electrons. The molecule has 1 N–H and O–H groups in total. The van der Waals surface area contributed by atoms with Gasteiger partial charge in [-0.25, -0.2) is 9.69 Å². The van der Waals surface area contributed by atoms with E-state index in [9.17, 15) is 14.4 Å². The van der Waals surface area contributed by atoms with Crippen molar-refractivity contribution in [1.29, 1.82) is 0 Å². The molecule has 0 aliphatic carbocycles. The number of benzene rings is 4. The number of hydrogen-bond acceptors (Lipinski definition) is 4. The predicted octanol–water partition coefficient (Wildman–Crippen LogP) is 7.26. The van der Waals surface area contributed by atoms with E-state index in [2.05, 4.69) is 37.2 Å². The number of rotatable bonds is 5. The van der Waals surface area contributed by atoms with E-state index in [0.717, 1.165) is 25.7 Å². The molecule has 1 aliphatic rings. The number of carbonyl (C=O) groups is 3. The summed E-state index contributed by atoms with van der Waals surface area (Å²) in [6, 6.07) is 23.1. The summed E-state index contributed by atoms with van der Waals surface area (Å²) in [6.07, 6.45) is 1.39. The van der Waals surface area contributed by atoms with Crippen LogP contribution in [0.5, 0.6) is 5.75 Å². The van der Waals surface area contributed by atoms with Gasteiger partial charge in [-0.2, -0.15) is 0 Å². The first kappa shape index (κ1) is 25.2. The molecule has 0 saturated carbocycles. The van der Waals surface area contributed by atoms with Crippen LogP contribution in [0.1, 0.15) is 11.1 Å². The molecular weight excluding hydrogens is 624 g/mol. The monoisotopic (exact) mass is 638 g/mol. The zero-order valence-electron chi connectivity index (χ0n) is 19.0. The Balaban J connectivity index is 1.41. The largest absolute Gasteiger partial charge is 0.486 e. The van der Waals surface area contributed by atoms with Gasteiger partial charge in [0.25, 0.3) is 11.8 Å². The maximum atomic E-state index is 13.1. The van der Waals surface area contributed by atoms with Crippen LogP contribution in [0.25, 0.3) is 16.8 Å². The van der Waals surface area contributed by atoms with Crippen molar-refractivity contribution in [2.45, 2.75) is 6.61 Å². The molecule has 9 heteroatoms. The fraction of sp³-hybridized carbons (Fsp3) is 0.0357. The van der Waals surface area contributed by atoms with Crippen molar-refractivity contribution >= 4 is 83.8 Å². The molecular formula is C28H17Br2ClN2O4. The zero-order valence-corrected chi connectivity index (χ0v) is 22.9. The van der Waals surface area contributed by atoms with Crippen molar-refractivity contribution in [3.8, 4) is 5.75 Å². The molecule has 1 aliphatic heterocycles. The van der Waals surface area contributed by atoms with Gasteiger partial charge in [0.05, 0.1) is 15.2 Å². The Morgan fingerprint density at radius 2 is 1.65 bits per heavy atom. The van der Waals surface area contributed by atoms with Gasteiger partial charge in [-0.1, -0.05) is 70.0 Å². The van der Waals surface area contributed by atoms with Crippen LogP contribution < -0.4 is 15.0 Å². The van der Waals surface area contributed by atoms with Crippen molar-refractivity contribution in [3.05, 3.63) is 110 Å². The van der Waals surface area contributed by atoms with Gasteiger partial charge in [0.15, 0.2) is 5.75 Å². The second kappa shape index (κ2) is 10.5. The normalized spacial score (nSPS) is 14.8. The molecule has 1 fully saturated rings. The van der Waals surface area contributed by atoms with Crippen molar-refractivity contribution in [2.24, 2.45) is 0 Å². The fourth-order valence-electron chi connectivity index (χ4n) is 4.02. The summed E-state index contributed by atoms with van der Waals surface area (Å²) in [4.78, 5) is 39.0. The highest BCUT2D eigenvalue weighted by molar-refractivity contribution is 9.10. The van der Waals surface area contributed by atoms with Crippen LogP contribution in [0.15, 0.2) is 93.4 Å². The Bertz CT molecular complexity index is 1570. The summed E-state index contributed by atoms with van der Waals surface area (Å²) in [5.41, 5.74) is 1.63. The van der Waals surface area contributed by atoms with Crippen LogP contribution >= 0.6 is 43.5 Å². The lowest BCUT2D eigenvalue weighted by molar-refractivity contribution is -0.122. The molecule has 37 heavy (non-hydrogen) atoms. The summed E-state index contributed by atoms with van der Waals surface area (Å²) < 4.78 is 7.38. The molecule has 4 amide bonds. The summed E-state index contributed by atoms with van der Waals surface area (Å²) in [5.74, 6) is -1.09. The molecule has 0 unspecified atom stereocenters. The second-order valence-corrected chi connectivity index (χ2v) is 10.4. The summed E-state index contributed by atoms with van der Waals surface area (Å²) >= 11 is 13.3. The molecule has 0 radical (unpaired) electrons. The number of carbonyl (C=O) groups excluding carboxylic acids is 3. The van der Waals surface area contributed by atoms with E-state index in [1.54, 1.807) is 36.4 Å². The van der Waals surface area contributed by atoms with Gasteiger partial charge in [0, 0.05) is 4.47 Å². The van der Waals surface area contributed by atoms with Crippen LogP contribution in [0, 0.1) is 0 Å². The third kappa shape index (κ3) is 5.18. The molecule has 0 atom stereocenters. The van der Waals surface area contributed by atoms with Crippen molar-refractivity contribution < 1.29 is 19.1 Å². The molecule has 0 spiro atoms. The fourth-order valence-corrected chi connectivity index (χ4v) is 5.27. The summed E-state index contributed by atoms with van der Waals surface area (Å²) in [5, 5.41) is 4.71. The third-order valence-electron chi connectivity index (χ3n) is 5.77. The van der Waals surface area contributed by atoms with Gasteiger partial charge in [-0.3, -0.25) is 14.9 Å². The van der Waals surface area contributed by atoms with Crippen molar-refractivity contribution in [1.82, 2.24) is 5.32 Å². The number of ether oxygens (including phenoxy) is 1. The number of barbiturate groups is 1. The van der Waals surface area contributed by atoms with E-state index in [-0.39, 0.29) is 5.57 Å². The van der Waals surface area contributed by atoms with E-state index >= 15 is 0 Å². The summed E-state index contributed by atoms with van der Waals surface area (Å²) in [6.45, 7) is 0.297. The van der Waals surface area contributed by atoms with Crippen molar-refractivity contribution in [3.63, 3.8) is 0 Å². The number of nitrogens with zero attached hydrogens (tertiary/aromatic N) is 1. The molecule has 1 saturated heterocycles. The van der Waals surface area contributed by atoms with Gasteiger partial charge >= 0.3 is 6.03 Å². The maximum absolute atomic E-state index is 13.1. The lowest BCUT2D eigenvalue weighted by Gasteiger charge is -2.26. The number of nitrogens with one attached hydrogen (secondary N) is 1. The Kier molecular flexibility index (Phi) is 7.15. The summed E-state index contributed by atoms with van der Waals surface area (Å²) in [7, 11) is 0. The smallest absolute Gasteiger partial charge is 0.335 e. The van der Waals surface area contributed by atoms with Gasteiger partial charge in [-0.15, -0.1) is 0 Å². The molecule has 0 bridgehead atoms. The van der Waals surface area contributed by atoms with E-state index in [4.69, 9.17) is 16.3 Å². The first-order valence-electron chi connectivity index (χ1n) is 11.1. The lowest BCUT2D eigenvalue weighted by atomic mass is 10.1. The van der Waals surface area contributed by atoms with E-state index in [0.29, 0.717) is 33.1 Å². The Hall–Kier alpha value is -3.46. The average Bonchev–Trinajstić information content (AvgIpc) is 2.87. The lowest BCUT2D eigenvalue weighted by Crippen LogP contribution is -2.54. The average molecular weight is 641 g/mol. The van der Waals surface area contributed by atoms with E-state index in [1.807, 2.05) is 42.5 Å². The first-order chi connectivity index (χ1) is 17.8. The van der Waals surface area contributed by atoms with Crippen LogP contribution in [0.2, 0.25) is 5.02 Å². The number of anilines is 1. The molecule has 1 heterocycles. The van der Waals surface area contributed by atoms with E-state index in [1.165, 1.54) is 6.08 Å². The predicted molar refractivity (Wildman–Crippen MR) is 151 cm³/mol. The Morgan fingerprint density at radius 1 is 0.919 bits per heavy atom. The van der Waals surface area contributed by atoms with Gasteiger partial charge in [-0.05, 0) is 80.3 Å². The van der Waals surface area contributed by atoms with Gasteiger partial charge in [0.1, 0.15) is 12.2 Å². The Morgan fingerprint density at radius 3 is 2.41 bits per heavy atom. The van der Waals surface area contributed by atoms with Gasteiger partial charge in [0.2, 0.25) is 0 Å². The minimum absolute atomic E-state index is 0.199. The number of urea groups is 1. The topological polar surface area (TPSA) is 75.7 Å². The number of halogens is 3. The van der Waals surface area contributed by atoms with E-state index < -0.39 is 17.8 Å². The third-order valence-corrected chi connectivity index (χ3v) is 7.17. The quantitative estimate of drug-likeness (QED) is 0.184.